The van der Waals surface area contributed by atoms with Crippen LogP contribution in [0.3, 0.4) is 0 Å². The number of ether oxygens (including phenoxy) is 2. The van der Waals surface area contributed by atoms with E-state index in [0.29, 0.717) is 26.1 Å². The molecule has 0 fully saturated rings. The van der Waals surface area contributed by atoms with Crippen LogP contribution in [0.25, 0.3) is 0 Å². The minimum atomic E-state index is -1.21. The highest BCUT2D eigenvalue weighted by molar-refractivity contribution is 5.77. The summed E-state index contributed by atoms with van der Waals surface area (Å²) >= 11 is 0. The van der Waals surface area contributed by atoms with Crippen LogP contribution in [0.2, 0.25) is 0 Å². The molecule has 0 aliphatic heterocycles. The van der Waals surface area contributed by atoms with Gasteiger partial charge in [0.2, 0.25) is 0 Å². The van der Waals surface area contributed by atoms with Gasteiger partial charge in [0.25, 0.3) is 0 Å². The third-order valence-corrected chi connectivity index (χ3v) is 3.48. The third kappa shape index (κ3) is 5.22. The van der Waals surface area contributed by atoms with Gasteiger partial charge in [-0.05, 0) is 51.2 Å². The number of rotatable bonds is 9. The summed E-state index contributed by atoms with van der Waals surface area (Å²) < 4.78 is 11.2. The maximum atomic E-state index is 11.1. The van der Waals surface area contributed by atoms with Crippen LogP contribution < -0.4 is 15.2 Å². The molecule has 0 radical (unpaired) electrons. The second-order valence-corrected chi connectivity index (χ2v) is 5.87. The van der Waals surface area contributed by atoms with Crippen molar-refractivity contribution in [2.75, 3.05) is 13.2 Å². The number of aliphatic carboxylic acids is 1. The third-order valence-electron chi connectivity index (χ3n) is 3.48. The molecule has 5 heteroatoms. The van der Waals surface area contributed by atoms with E-state index in [1.54, 1.807) is 6.92 Å². The van der Waals surface area contributed by atoms with Gasteiger partial charge in [0.05, 0.1) is 13.2 Å². The van der Waals surface area contributed by atoms with E-state index >= 15 is 0 Å². The van der Waals surface area contributed by atoms with Gasteiger partial charge in [-0.15, -0.1) is 0 Å². The minimum Gasteiger partial charge on any atom is -0.494 e. The molecule has 0 aliphatic rings. The van der Waals surface area contributed by atoms with Crippen molar-refractivity contribution in [3.63, 3.8) is 0 Å². The number of hydrogen-bond acceptors (Lipinski definition) is 4. The zero-order valence-corrected chi connectivity index (χ0v) is 13.9. The smallest absolute Gasteiger partial charge is 0.323 e. The Bertz CT molecular complexity index is 499. The molecule has 2 unspecified atom stereocenters. The standard InChI is InChI=1S/C17H27NO4/c1-5-21-14-8-7-13(15(10-14)22-6-2)9-12(3)11-17(4,18)16(19)20/h7-8,10,12H,5-6,9,11,18H2,1-4H3,(H,19,20). The van der Waals surface area contributed by atoms with E-state index in [1.807, 2.05) is 39.0 Å². The van der Waals surface area contributed by atoms with E-state index in [-0.39, 0.29) is 5.92 Å². The Balaban J connectivity index is 2.85. The van der Waals surface area contributed by atoms with E-state index in [9.17, 15) is 4.79 Å². The summed E-state index contributed by atoms with van der Waals surface area (Å²) in [5.41, 5.74) is 5.65. The van der Waals surface area contributed by atoms with Gasteiger partial charge >= 0.3 is 5.97 Å². The highest BCUT2D eigenvalue weighted by Gasteiger charge is 2.30. The van der Waals surface area contributed by atoms with Gasteiger partial charge in [-0.25, -0.2) is 0 Å². The lowest BCUT2D eigenvalue weighted by Gasteiger charge is -2.24. The van der Waals surface area contributed by atoms with Crippen molar-refractivity contribution >= 4 is 5.97 Å². The van der Waals surface area contributed by atoms with Crippen molar-refractivity contribution in [1.82, 2.24) is 0 Å². The van der Waals surface area contributed by atoms with E-state index in [0.717, 1.165) is 17.1 Å². The zero-order chi connectivity index (χ0) is 16.8. The molecule has 22 heavy (non-hydrogen) atoms. The Morgan fingerprint density at radius 2 is 1.95 bits per heavy atom. The predicted molar refractivity (Wildman–Crippen MR) is 86.5 cm³/mol. The number of hydrogen-bond donors (Lipinski definition) is 2. The van der Waals surface area contributed by atoms with Crippen LogP contribution in [-0.2, 0) is 11.2 Å². The van der Waals surface area contributed by atoms with Crippen LogP contribution in [0.1, 0.15) is 39.7 Å². The molecule has 2 atom stereocenters. The summed E-state index contributed by atoms with van der Waals surface area (Å²) in [5.74, 6) is 0.713. The van der Waals surface area contributed by atoms with Crippen molar-refractivity contribution in [2.45, 2.75) is 46.1 Å². The van der Waals surface area contributed by atoms with Gasteiger partial charge in [-0.1, -0.05) is 13.0 Å². The fourth-order valence-corrected chi connectivity index (χ4v) is 2.51. The fourth-order valence-electron chi connectivity index (χ4n) is 2.51. The van der Waals surface area contributed by atoms with Crippen molar-refractivity contribution in [2.24, 2.45) is 11.7 Å². The molecule has 0 saturated carbocycles. The van der Waals surface area contributed by atoms with Gasteiger partial charge in [0.15, 0.2) is 0 Å². The molecule has 5 nitrogen and oxygen atoms in total. The summed E-state index contributed by atoms with van der Waals surface area (Å²) in [6.45, 7) is 8.59. The summed E-state index contributed by atoms with van der Waals surface area (Å²) in [5, 5.41) is 9.12. The van der Waals surface area contributed by atoms with E-state index < -0.39 is 11.5 Å². The second kappa shape index (κ2) is 8.03. The minimum absolute atomic E-state index is 0.128. The van der Waals surface area contributed by atoms with Crippen molar-refractivity contribution < 1.29 is 19.4 Å². The van der Waals surface area contributed by atoms with Gasteiger partial charge in [0.1, 0.15) is 17.0 Å². The normalized spacial score (nSPS) is 15.0. The number of carboxylic acid groups (broad SMARTS) is 1. The summed E-state index contributed by atoms with van der Waals surface area (Å²) in [6.07, 6.45) is 1.11. The Morgan fingerprint density at radius 1 is 1.32 bits per heavy atom. The van der Waals surface area contributed by atoms with Gasteiger partial charge in [-0.3, -0.25) is 4.79 Å². The lowest BCUT2D eigenvalue weighted by molar-refractivity contribution is -0.143. The monoisotopic (exact) mass is 309 g/mol. The summed E-state index contributed by atoms with van der Waals surface area (Å²) in [6, 6.07) is 5.77. The molecule has 1 aromatic rings. The number of nitrogens with two attached hydrogens (primary N) is 1. The molecular formula is C17H27NO4. The number of carboxylic acids is 1. The molecule has 1 rings (SSSR count). The largest absolute Gasteiger partial charge is 0.494 e. The van der Waals surface area contributed by atoms with E-state index in [1.165, 1.54) is 0 Å². The average Bonchev–Trinajstić information content (AvgIpc) is 2.41. The van der Waals surface area contributed by atoms with Crippen LogP contribution in [0.5, 0.6) is 11.5 Å². The zero-order valence-electron chi connectivity index (χ0n) is 13.9. The molecule has 0 bridgehead atoms. The van der Waals surface area contributed by atoms with Crippen LogP contribution in [0.15, 0.2) is 18.2 Å². The average molecular weight is 309 g/mol. The maximum Gasteiger partial charge on any atom is 0.323 e. The maximum absolute atomic E-state index is 11.1. The summed E-state index contributed by atoms with van der Waals surface area (Å²) in [7, 11) is 0. The SMILES string of the molecule is CCOc1ccc(CC(C)CC(C)(N)C(=O)O)c(OCC)c1. The number of benzene rings is 1. The highest BCUT2D eigenvalue weighted by Crippen LogP contribution is 2.29. The second-order valence-electron chi connectivity index (χ2n) is 5.87. The first-order valence-corrected chi connectivity index (χ1v) is 7.71. The Kier molecular flexibility index (Phi) is 6.68. The van der Waals surface area contributed by atoms with Crippen LogP contribution in [0.4, 0.5) is 0 Å². The summed E-state index contributed by atoms with van der Waals surface area (Å²) in [4.78, 5) is 11.1. The first-order valence-electron chi connectivity index (χ1n) is 7.71. The first kappa shape index (κ1) is 18.3. The molecule has 124 valence electrons. The molecule has 0 spiro atoms. The van der Waals surface area contributed by atoms with Gasteiger partial charge in [-0.2, -0.15) is 0 Å². The van der Waals surface area contributed by atoms with Crippen molar-refractivity contribution in [3.05, 3.63) is 23.8 Å². The van der Waals surface area contributed by atoms with Gasteiger partial charge in [0, 0.05) is 6.07 Å². The fraction of sp³-hybridized carbons (Fsp3) is 0.588. The Labute approximate surface area is 132 Å². The Morgan fingerprint density at radius 3 is 2.50 bits per heavy atom. The molecule has 1 aromatic carbocycles. The molecule has 0 aliphatic carbocycles. The highest BCUT2D eigenvalue weighted by atomic mass is 16.5. The van der Waals surface area contributed by atoms with Crippen LogP contribution >= 0.6 is 0 Å². The van der Waals surface area contributed by atoms with E-state index in [2.05, 4.69) is 0 Å². The van der Waals surface area contributed by atoms with E-state index in [4.69, 9.17) is 20.3 Å². The molecule has 0 heterocycles. The predicted octanol–water partition coefficient (Wildman–Crippen LogP) is 2.85. The molecule has 0 amide bonds. The van der Waals surface area contributed by atoms with Crippen molar-refractivity contribution in [1.29, 1.82) is 0 Å². The Hall–Kier alpha value is -1.75. The molecule has 0 aromatic heterocycles. The van der Waals surface area contributed by atoms with Crippen molar-refractivity contribution in [3.8, 4) is 11.5 Å². The topological polar surface area (TPSA) is 81.8 Å². The molecule has 0 saturated heterocycles. The quantitative estimate of drug-likeness (QED) is 0.733. The first-order chi connectivity index (χ1) is 10.3. The van der Waals surface area contributed by atoms with Gasteiger partial charge < -0.3 is 20.3 Å². The lowest BCUT2D eigenvalue weighted by Crippen LogP contribution is -2.46. The molecule has 3 N–H and O–H groups in total. The van der Waals surface area contributed by atoms with Crippen LogP contribution in [-0.4, -0.2) is 29.8 Å². The van der Waals surface area contributed by atoms with Crippen LogP contribution in [0, 0.1) is 5.92 Å². The number of carbonyl (C=O) groups is 1. The molecular weight excluding hydrogens is 282 g/mol. The lowest BCUT2D eigenvalue weighted by atomic mass is 9.87.